The Kier molecular flexibility index (Phi) is 11.3. The SMILES string of the molecule is CCCCC(C(N)=O)C(CC(C)C)C(=O)NC1N=C(c2ccccc2)c2ccccc2N(CCC2CCCCC2)C1=O. The summed E-state index contributed by atoms with van der Waals surface area (Å²) in [6.45, 7) is 6.69. The molecule has 3 amide bonds. The molecular weight excluding hydrogens is 524 g/mol. The van der Waals surface area contributed by atoms with Gasteiger partial charge in [0.15, 0.2) is 0 Å². The Labute approximate surface area is 251 Å². The van der Waals surface area contributed by atoms with Crippen LogP contribution in [0, 0.1) is 23.7 Å². The maximum atomic E-state index is 14.3. The standard InChI is InChI=1S/C35H48N4O3/c1-4-5-18-27(32(36)40)29(23-24(2)3)34(41)38-33-35(42)39(22-21-25-14-8-6-9-15-25)30-20-13-12-19-28(30)31(37-33)26-16-10-7-11-17-26/h7,10-13,16-17,19-20,24-25,27,29,33H,4-6,8-9,14-15,18,21-23H2,1-3H3,(H2,36,40)(H,38,41). The molecule has 1 aliphatic heterocycles. The van der Waals surface area contributed by atoms with Crippen molar-refractivity contribution in [1.82, 2.24) is 5.32 Å². The topological polar surface area (TPSA) is 105 Å². The zero-order valence-electron chi connectivity index (χ0n) is 25.6. The number of fused-ring (bicyclic) bond motifs is 1. The zero-order valence-corrected chi connectivity index (χ0v) is 25.6. The Morgan fingerprint density at radius 2 is 1.69 bits per heavy atom. The largest absolute Gasteiger partial charge is 0.369 e. The molecule has 7 heteroatoms. The number of unbranched alkanes of at least 4 members (excludes halogenated alkanes) is 1. The third kappa shape index (κ3) is 7.87. The Morgan fingerprint density at radius 3 is 2.36 bits per heavy atom. The van der Waals surface area contributed by atoms with Gasteiger partial charge in [-0.25, -0.2) is 4.99 Å². The van der Waals surface area contributed by atoms with E-state index >= 15 is 0 Å². The van der Waals surface area contributed by atoms with Crippen molar-refractivity contribution in [3.63, 3.8) is 0 Å². The van der Waals surface area contributed by atoms with Crippen LogP contribution in [-0.2, 0) is 14.4 Å². The predicted molar refractivity (Wildman–Crippen MR) is 169 cm³/mol. The van der Waals surface area contributed by atoms with Gasteiger partial charge in [-0.2, -0.15) is 0 Å². The van der Waals surface area contributed by atoms with Crippen molar-refractivity contribution in [2.75, 3.05) is 11.4 Å². The number of rotatable bonds is 13. The second kappa shape index (κ2) is 15.1. The Hall–Kier alpha value is -3.48. The van der Waals surface area contributed by atoms with E-state index in [0.717, 1.165) is 36.1 Å². The van der Waals surface area contributed by atoms with Crippen molar-refractivity contribution in [2.24, 2.45) is 34.4 Å². The van der Waals surface area contributed by atoms with E-state index in [1.54, 1.807) is 0 Å². The van der Waals surface area contributed by atoms with Gasteiger partial charge in [0.25, 0.3) is 5.91 Å². The van der Waals surface area contributed by atoms with Gasteiger partial charge in [0.1, 0.15) is 0 Å². The van der Waals surface area contributed by atoms with E-state index < -0.39 is 23.9 Å². The van der Waals surface area contributed by atoms with Gasteiger partial charge >= 0.3 is 0 Å². The molecule has 1 saturated carbocycles. The maximum absolute atomic E-state index is 14.3. The molecule has 1 fully saturated rings. The normalized spacial score (nSPS) is 19.0. The van der Waals surface area contributed by atoms with Crippen LogP contribution in [0.1, 0.15) is 96.1 Å². The predicted octanol–water partition coefficient (Wildman–Crippen LogP) is 6.24. The second-order valence-electron chi connectivity index (χ2n) is 12.4. The average molecular weight is 573 g/mol. The first-order valence-electron chi connectivity index (χ1n) is 15.9. The summed E-state index contributed by atoms with van der Waals surface area (Å²) in [6.07, 6.45) is 8.72. The summed E-state index contributed by atoms with van der Waals surface area (Å²) in [7, 11) is 0. The highest BCUT2D eigenvalue weighted by Crippen LogP contribution is 2.32. The van der Waals surface area contributed by atoms with Crippen LogP contribution in [0.5, 0.6) is 0 Å². The Bertz CT molecular complexity index is 1240. The van der Waals surface area contributed by atoms with Crippen molar-refractivity contribution in [2.45, 2.75) is 91.1 Å². The number of amides is 3. The number of carbonyl (C=O) groups excluding carboxylic acids is 3. The third-order valence-corrected chi connectivity index (χ3v) is 8.80. The van der Waals surface area contributed by atoms with E-state index in [9.17, 15) is 14.4 Å². The molecule has 2 aromatic carbocycles. The summed E-state index contributed by atoms with van der Waals surface area (Å²) in [6, 6.07) is 17.7. The fourth-order valence-corrected chi connectivity index (χ4v) is 6.54. The molecule has 0 bridgehead atoms. The van der Waals surface area contributed by atoms with Crippen LogP contribution in [0.25, 0.3) is 0 Å². The molecule has 0 radical (unpaired) electrons. The lowest BCUT2D eigenvalue weighted by molar-refractivity contribution is -0.136. The molecule has 2 aliphatic rings. The number of hydrogen-bond acceptors (Lipinski definition) is 4. The quantitative estimate of drug-likeness (QED) is 0.297. The van der Waals surface area contributed by atoms with Gasteiger partial charge in [0.05, 0.1) is 11.4 Å². The Balaban J connectivity index is 1.71. The minimum absolute atomic E-state index is 0.175. The highest BCUT2D eigenvalue weighted by molar-refractivity contribution is 6.20. The molecule has 226 valence electrons. The highest BCUT2D eigenvalue weighted by atomic mass is 16.2. The fraction of sp³-hybridized carbons (Fsp3) is 0.543. The molecule has 0 aromatic heterocycles. The molecule has 0 spiro atoms. The summed E-state index contributed by atoms with van der Waals surface area (Å²) in [5.74, 6) is -1.50. The van der Waals surface area contributed by atoms with Crippen LogP contribution in [0.15, 0.2) is 59.6 Å². The van der Waals surface area contributed by atoms with Crippen LogP contribution in [0.2, 0.25) is 0 Å². The number of para-hydroxylation sites is 1. The average Bonchev–Trinajstić information content (AvgIpc) is 3.10. The summed E-state index contributed by atoms with van der Waals surface area (Å²) < 4.78 is 0. The van der Waals surface area contributed by atoms with E-state index in [4.69, 9.17) is 10.7 Å². The van der Waals surface area contributed by atoms with Gasteiger partial charge in [-0.3, -0.25) is 14.4 Å². The van der Waals surface area contributed by atoms with E-state index in [1.165, 1.54) is 32.1 Å². The van der Waals surface area contributed by atoms with Crippen LogP contribution < -0.4 is 16.0 Å². The lowest BCUT2D eigenvalue weighted by Crippen LogP contribution is -2.51. The van der Waals surface area contributed by atoms with Gasteiger partial charge in [-0.1, -0.05) is 114 Å². The number of benzodiazepines with no additional fused rings is 1. The lowest BCUT2D eigenvalue weighted by atomic mass is 9.81. The first-order valence-corrected chi connectivity index (χ1v) is 15.9. The molecule has 0 saturated heterocycles. The highest BCUT2D eigenvalue weighted by Gasteiger charge is 2.38. The number of nitrogens with one attached hydrogen (secondary N) is 1. The maximum Gasteiger partial charge on any atom is 0.272 e. The van der Waals surface area contributed by atoms with Crippen molar-refractivity contribution in [3.05, 3.63) is 65.7 Å². The van der Waals surface area contributed by atoms with Crippen LogP contribution in [-0.4, -0.2) is 36.1 Å². The molecular formula is C35H48N4O3. The number of aliphatic imine (C=N–C) groups is 1. The van der Waals surface area contributed by atoms with E-state index in [0.29, 0.717) is 31.0 Å². The van der Waals surface area contributed by atoms with E-state index in [1.807, 2.05) is 73.3 Å². The molecule has 2 aromatic rings. The van der Waals surface area contributed by atoms with Gasteiger partial charge < -0.3 is 16.0 Å². The van der Waals surface area contributed by atoms with Crippen molar-refractivity contribution in [1.29, 1.82) is 0 Å². The molecule has 3 unspecified atom stereocenters. The summed E-state index contributed by atoms with van der Waals surface area (Å²) in [4.78, 5) is 47.7. The minimum Gasteiger partial charge on any atom is -0.369 e. The third-order valence-electron chi connectivity index (χ3n) is 8.80. The van der Waals surface area contributed by atoms with Crippen LogP contribution in [0.3, 0.4) is 0 Å². The molecule has 1 heterocycles. The van der Waals surface area contributed by atoms with Crippen molar-refractivity contribution >= 4 is 29.1 Å². The summed E-state index contributed by atoms with van der Waals surface area (Å²) in [5, 5.41) is 3.00. The van der Waals surface area contributed by atoms with Gasteiger partial charge in [0.2, 0.25) is 18.0 Å². The van der Waals surface area contributed by atoms with Crippen molar-refractivity contribution in [3.8, 4) is 0 Å². The van der Waals surface area contributed by atoms with E-state index in [2.05, 4.69) is 12.2 Å². The van der Waals surface area contributed by atoms with Gasteiger partial charge in [-0.05, 0) is 37.2 Å². The number of nitrogens with zero attached hydrogens (tertiary/aromatic N) is 2. The first kappa shape index (κ1) is 31.5. The minimum atomic E-state index is -1.11. The lowest BCUT2D eigenvalue weighted by Gasteiger charge is -2.30. The van der Waals surface area contributed by atoms with Gasteiger partial charge in [0, 0.05) is 29.5 Å². The number of anilines is 1. The second-order valence-corrected chi connectivity index (χ2v) is 12.4. The van der Waals surface area contributed by atoms with Gasteiger partial charge in [-0.15, -0.1) is 0 Å². The Morgan fingerprint density at radius 1 is 1.00 bits per heavy atom. The van der Waals surface area contributed by atoms with E-state index in [-0.39, 0.29) is 17.7 Å². The number of carbonyl (C=O) groups is 3. The monoisotopic (exact) mass is 572 g/mol. The molecule has 3 N–H and O–H groups in total. The van der Waals surface area contributed by atoms with Crippen molar-refractivity contribution < 1.29 is 14.4 Å². The molecule has 3 atom stereocenters. The summed E-state index contributed by atoms with van der Waals surface area (Å²) >= 11 is 0. The van der Waals surface area contributed by atoms with Crippen LogP contribution >= 0.6 is 0 Å². The number of primary amides is 1. The molecule has 1 aliphatic carbocycles. The number of benzene rings is 2. The number of nitrogens with two attached hydrogens (primary N) is 1. The molecule has 4 rings (SSSR count). The fourth-order valence-electron chi connectivity index (χ4n) is 6.54. The van der Waals surface area contributed by atoms with Crippen LogP contribution in [0.4, 0.5) is 5.69 Å². The summed E-state index contributed by atoms with van der Waals surface area (Å²) in [5.41, 5.74) is 9.07. The molecule has 7 nitrogen and oxygen atoms in total. The first-order chi connectivity index (χ1) is 20.3. The number of hydrogen-bond donors (Lipinski definition) is 2. The smallest absolute Gasteiger partial charge is 0.272 e. The molecule has 42 heavy (non-hydrogen) atoms. The zero-order chi connectivity index (χ0) is 30.1.